The Kier molecular flexibility index (Phi) is 6.72. The third-order valence-corrected chi connectivity index (χ3v) is 3.20. The van der Waals surface area contributed by atoms with E-state index in [0.717, 1.165) is 32.5 Å². The van der Waals surface area contributed by atoms with Gasteiger partial charge in [-0.1, -0.05) is 0 Å². The van der Waals surface area contributed by atoms with Crippen molar-refractivity contribution in [1.82, 2.24) is 4.90 Å². The van der Waals surface area contributed by atoms with Gasteiger partial charge in [0, 0.05) is 26.1 Å². The van der Waals surface area contributed by atoms with Gasteiger partial charge in [0.15, 0.2) is 0 Å². The van der Waals surface area contributed by atoms with Crippen LogP contribution in [0.3, 0.4) is 0 Å². The van der Waals surface area contributed by atoms with Crippen LogP contribution in [0.25, 0.3) is 0 Å². The van der Waals surface area contributed by atoms with E-state index in [-0.39, 0.29) is 24.7 Å². The molecule has 0 spiro atoms. The number of carbonyl (C=O) groups is 2. The lowest BCUT2D eigenvalue weighted by molar-refractivity contribution is -0.144. The molecular weight excluding hydrogens is 234 g/mol. The van der Waals surface area contributed by atoms with Crippen LogP contribution in [-0.2, 0) is 19.1 Å². The van der Waals surface area contributed by atoms with Crippen molar-refractivity contribution in [2.24, 2.45) is 5.92 Å². The number of hydrogen-bond donors (Lipinski definition) is 0. The highest BCUT2D eigenvalue weighted by Gasteiger charge is 2.23. The highest BCUT2D eigenvalue weighted by atomic mass is 16.5. The molecular formula is C13H23NO4. The third-order valence-electron chi connectivity index (χ3n) is 3.20. The zero-order chi connectivity index (χ0) is 13.4. The van der Waals surface area contributed by atoms with Gasteiger partial charge in [0.05, 0.1) is 20.1 Å². The van der Waals surface area contributed by atoms with E-state index < -0.39 is 0 Å². The van der Waals surface area contributed by atoms with Crippen LogP contribution in [0.2, 0.25) is 0 Å². The molecule has 0 aromatic heterocycles. The number of carbonyl (C=O) groups excluding carboxylic acids is 2. The van der Waals surface area contributed by atoms with E-state index in [9.17, 15) is 9.59 Å². The molecule has 5 nitrogen and oxygen atoms in total. The van der Waals surface area contributed by atoms with Crippen LogP contribution in [0.15, 0.2) is 0 Å². The van der Waals surface area contributed by atoms with Gasteiger partial charge in [-0.15, -0.1) is 0 Å². The number of esters is 1. The molecule has 1 atom stereocenters. The van der Waals surface area contributed by atoms with Crippen molar-refractivity contribution < 1.29 is 19.1 Å². The zero-order valence-electron chi connectivity index (χ0n) is 11.3. The van der Waals surface area contributed by atoms with Crippen molar-refractivity contribution in [2.75, 3.05) is 33.4 Å². The molecule has 104 valence electrons. The van der Waals surface area contributed by atoms with Crippen molar-refractivity contribution in [2.45, 2.75) is 32.6 Å². The fraction of sp³-hybridized carbons (Fsp3) is 0.846. The monoisotopic (exact) mass is 257 g/mol. The predicted molar refractivity (Wildman–Crippen MR) is 67.0 cm³/mol. The molecule has 1 aliphatic heterocycles. The van der Waals surface area contributed by atoms with Crippen molar-refractivity contribution in [1.29, 1.82) is 0 Å². The number of hydrogen-bond acceptors (Lipinski definition) is 4. The maximum Gasteiger partial charge on any atom is 0.306 e. The van der Waals surface area contributed by atoms with E-state index in [1.807, 2.05) is 11.8 Å². The lowest BCUT2D eigenvalue weighted by Gasteiger charge is -2.32. The van der Waals surface area contributed by atoms with Gasteiger partial charge in [-0.2, -0.15) is 0 Å². The molecule has 1 rings (SSSR count). The average Bonchev–Trinajstić information content (AvgIpc) is 2.42. The molecule has 0 radical (unpaired) electrons. The van der Waals surface area contributed by atoms with Crippen molar-refractivity contribution >= 4 is 11.9 Å². The molecule has 0 bridgehead atoms. The van der Waals surface area contributed by atoms with E-state index in [4.69, 9.17) is 4.74 Å². The fourth-order valence-corrected chi connectivity index (χ4v) is 2.18. The standard InChI is InChI=1S/C13H23NO4/c1-3-18-10-11-5-4-8-14(9-11)12(15)6-7-13(16)17-2/h11H,3-10H2,1-2H3. The fourth-order valence-electron chi connectivity index (χ4n) is 2.18. The lowest BCUT2D eigenvalue weighted by Crippen LogP contribution is -2.41. The number of amides is 1. The summed E-state index contributed by atoms with van der Waals surface area (Å²) in [6.07, 6.45) is 2.54. The van der Waals surface area contributed by atoms with Crippen molar-refractivity contribution in [3.05, 3.63) is 0 Å². The summed E-state index contributed by atoms with van der Waals surface area (Å²) < 4.78 is 9.94. The second-order valence-corrected chi connectivity index (χ2v) is 4.58. The molecule has 1 aliphatic rings. The van der Waals surface area contributed by atoms with Gasteiger partial charge < -0.3 is 14.4 Å². The molecule has 5 heteroatoms. The Balaban J connectivity index is 2.31. The number of nitrogens with zero attached hydrogens (tertiary/aromatic N) is 1. The van der Waals surface area contributed by atoms with Gasteiger partial charge in [0.25, 0.3) is 0 Å². The first-order valence-corrected chi connectivity index (χ1v) is 6.59. The van der Waals surface area contributed by atoms with Crippen LogP contribution in [0.1, 0.15) is 32.6 Å². The molecule has 0 aromatic carbocycles. The largest absolute Gasteiger partial charge is 0.469 e. The van der Waals surface area contributed by atoms with Crippen LogP contribution in [0, 0.1) is 5.92 Å². The number of piperidine rings is 1. The first-order chi connectivity index (χ1) is 8.67. The minimum atomic E-state index is -0.328. The highest BCUT2D eigenvalue weighted by Crippen LogP contribution is 2.17. The SMILES string of the molecule is CCOCC1CCCN(C(=O)CCC(=O)OC)C1. The van der Waals surface area contributed by atoms with Gasteiger partial charge in [0.2, 0.25) is 5.91 Å². The second kappa shape index (κ2) is 8.08. The topological polar surface area (TPSA) is 55.8 Å². The van der Waals surface area contributed by atoms with Crippen LogP contribution in [-0.4, -0.2) is 50.2 Å². The number of methoxy groups -OCH3 is 1. The smallest absolute Gasteiger partial charge is 0.306 e. The van der Waals surface area contributed by atoms with Gasteiger partial charge >= 0.3 is 5.97 Å². The molecule has 1 unspecified atom stereocenters. The van der Waals surface area contributed by atoms with E-state index in [0.29, 0.717) is 12.5 Å². The average molecular weight is 257 g/mol. The van der Waals surface area contributed by atoms with Gasteiger partial charge in [0.1, 0.15) is 0 Å². The van der Waals surface area contributed by atoms with Crippen LogP contribution < -0.4 is 0 Å². The summed E-state index contributed by atoms with van der Waals surface area (Å²) in [6.45, 7) is 4.95. The summed E-state index contributed by atoms with van der Waals surface area (Å²) in [5, 5.41) is 0. The Hall–Kier alpha value is -1.10. The molecule has 1 saturated heterocycles. The summed E-state index contributed by atoms with van der Waals surface area (Å²) in [4.78, 5) is 24.8. The van der Waals surface area contributed by atoms with Gasteiger partial charge in [-0.25, -0.2) is 0 Å². The third kappa shape index (κ3) is 5.04. The van der Waals surface area contributed by atoms with Gasteiger partial charge in [-0.05, 0) is 25.7 Å². The van der Waals surface area contributed by atoms with Gasteiger partial charge in [-0.3, -0.25) is 9.59 Å². The Morgan fingerprint density at radius 1 is 1.33 bits per heavy atom. The predicted octanol–water partition coefficient (Wildman–Crippen LogP) is 1.21. The summed E-state index contributed by atoms with van der Waals surface area (Å²) in [6, 6.07) is 0. The Morgan fingerprint density at radius 2 is 2.11 bits per heavy atom. The molecule has 0 N–H and O–H groups in total. The summed E-state index contributed by atoms with van der Waals surface area (Å²) in [7, 11) is 1.34. The quantitative estimate of drug-likeness (QED) is 0.671. The summed E-state index contributed by atoms with van der Waals surface area (Å²) in [5.41, 5.74) is 0. The molecule has 1 fully saturated rings. The normalized spacial score (nSPS) is 19.7. The molecule has 1 amide bonds. The lowest BCUT2D eigenvalue weighted by atomic mass is 9.98. The summed E-state index contributed by atoms with van der Waals surface area (Å²) in [5.74, 6) is 0.147. The second-order valence-electron chi connectivity index (χ2n) is 4.58. The molecule has 0 saturated carbocycles. The zero-order valence-corrected chi connectivity index (χ0v) is 11.3. The molecule has 18 heavy (non-hydrogen) atoms. The van der Waals surface area contributed by atoms with Crippen LogP contribution >= 0.6 is 0 Å². The van der Waals surface area contributed by atoms with E-state index in [1.54, 1.807) is 0 Å². The Morgan fingerprint density at radius 3 is 2.78 bits per heavy atom. The number of rotatable bonds is 6. The molecule has 0 aromatic rings. The first kappa shape index (κ1) is 15.0. The minimum absolute atomic E-state index is 0.0431. The minimum Gasteiger partial charge on any atom is -0.469 e. The maximum atomic E-state index is 11.9. The van der Waals surface area contributed by atoms with E-state index >= 15 is 0 Å². The summed E-state index contributed by atoms with van der Waals surface area (Å²) >= 11 is 0. The van der Waals surface area contributed by atoms with Crippen molar-refractivity contribution in [3.63, 3.8) is 0 Å². The maximum absolute atomic E-state index is 11.9. The molecule has 0 aliphatic carbocycles. The first-order valence-electron chi connectivity index (χ1n) is 6.59. The Labute approximate surface area is 108 Å². The number of ether oxygens (including phenoxy) is 2. The van der Waals surface area contributed by atoms with Crippen molar-refractivity contribution in [3.8, 4) is 0 Å². The van der Waals surface area contributed by atoms with Crippen LogP contribution in [0.4, 0.5) is 0 Å². The Bertz CT molecular complexity index is 280. The van der Waals surface area contributed by atoms with E-state index in [1.165, 1.54) is 7.11 Å². The highest BCUT2D eigenvalue weighted by molar-refractivity contribution is 5.81. The molecule has 1 heterocycles. The number of likely N-dealkylation sites (tertiary alicyclic amines) is 1. The van der Waals surface area contributed by atoms with E-state index in [2.05, 4.69) is 4.74 Å². The van der Waals surface area contributed by atoms with Crippen LogP contribution in [0.5, 0.6) is 0 Å².